The highest BCUT2D eigenvalue weighted by atomic mass is 16.6. The number of amides is 2. The summed E-state index contributed by atoms with van der Waals surface area (Å²) in [5.41, 5.74) is -0.651. The van der Waals surface area contributed by atoms with Gasteiger partial charge in [0.25, 0.3) is 0 Å². The molecule has 0 aliphatic carbocycles. The van der Waals surface area contributed by atoms with Crippen molar-refractivity contribution in [1.29, 1.82) is 0 Å². The van der Waals surface area contributed by atoms with Crippen LogP contribution in [-0.4, -0.2) is 41.3 Å². The lowest BCUT2D eigenvalue weighted by molar-refractivity contribution is -0.142. The van der Waals surface area contributed by atoms with Crippen molar-refractivity contribution < 1.29 is 24.2 Å². The zero-order chi connectivity index (χ0) is 15.9. The molecule has 20 heavy (non-hydrogen) atoms. The number of carboxylic acids is 1. The van der Waals surface area contributed by atoms with Gasteiger partial charge in [-0.2, -0.15) is 0 Å². The highest BCUT2D eigenvalue weighted by molar-refractivity contribution is 5.86. The summed E-state index contributed by atoms with van der Waals surface area (Å²) in [4.78, 5) is 33.9. The van der Waals surface area contributed by atoms with E-state index < -0.39 is 29.6 Å². The maximum absolute atomic E-state index is 11.6. The molecule has 0 heterocycles. The van der Waals surface area contributed by atoms with Crippen LogP contribution in [0.4, 0.5) is 4.79 Å². The average Bonchev–Trinajstić information content (AvgIpc) is 2.22. The fourth-order valence-electron chi connectivity index (χ4n) is 1.40. The number of carbonyl (C=O) groups is 3. The zero-order valence-corrected chi connectivity index (χ0v) is 12.6. The van der Waals surface area contributed by atoms with Crippen LogP contribution < -0.4 is 10.6 Å². The standard InChI is InChI=1S/C13H24N2O5/c1-8(2)6-9(11(17)18)15-10(16)7-14-12(19)20-13(3,4)5/h8-9H,6-7H2,1-5H3,(H,14,19)(H,15,16)(H,17,18). The fourth-order valence-corrected chi connectivity index (χ4v) is 1.40. The molecule has 0 aromatic rings. The van der Waals surface area contributed by atoms with Crippen molar-refractivity contribution in [3.63, 3.8) is 0 Å². The van der Waals surface area contributed by atoms with E-state index in [1.807, 2.05) is 13.8 Å². The predicted octanol–water partition coefficient (Wildman–Crippen LogP) is 1.13. The van der Waals surface area contributed by atoms with Gasteiger partial charge in [0, 0.05) is 0 Å². The van der Waals surface area contributed by atoms with Crippen molar-refractivity contribution in [2.24, 2.45) is 5.92 Å². The Bertz CT molecular complexity index is 360. The number of aliphatic carboxylic acids is 1. The van der Waals surface area contributed by atoms with Gasteiger partial charge in [-0.15, -0.1) is 0 Å². The Morgan fingerprint density at radius 1 is 1.20 bits per heavy atom. The van der Waals surface area contributed by atoms with Gasteiger partial charge in [-0.25, -0.2) is 9.59 Å². The molecule has 0 saturated carbocycles. The van der Waals surface area contributed by atoms with Gasteiger partial charge in [-0.3, -0.25) is 4.79 Å². The number of carboxylic acid groups (broad SMARTS) is 1. The van der Waals surface area contributed by atoms with Crippen LogP contribution in [0.15, 0.2) is 0 Å². The quantitative estimate of drug-likeness (QED) is 0.679. The molecular weight excluding hydrogens is 264 g/mol. The van der Waals surface area contributed by atoms with E-state index in [1.165, 1.54) is 0 Å². The molecule has 1 atom stereocenters. The molecule has 0 rings (SSSR count). The Balaban J connectivity index is 4.21. The number of hydrogen-bond acceptors (Lipinski definition) is 4. The van der Waals surface area contributed by atoms with Gasteiger partial charge in [0.15, 0.2) is 0 Å². The summed E-state index contributed by atoms with van der Waals surface area (Å²) in [7, 11) is 0. The van der Waals surface area contributed by atoms with Gasteiger partial charge in [-0.1, -0.05) is 13.8 Å². The third kappa shape index (κ3) is 9.18. The van der Waals surface area contributed by atoms with Crippen molar-refractivity contribution in [3.05, 3.63) is 0 Å². The topological polar surface area (TPSA) is 105 Å². The minimum atomic E-state index is -1.09. The van der Waals surface area contributed by atoms with Crippen molar-refractivity contribution in [3.8, 4) is 0 Å². The van der Waals surface area contributed by atoms with Crippen LogP contribution in [0.5, 0.6) is 0 Å². The summed E-state index contributed by atoms with van der Waals surface area (Å²) < 4.78 is 4.96. The molecule has 0 aromatic carbocycles. The van der Waals surface area contributed by atoms with Crippen LogP contribution >= 0.6 is 0 Å². The van der Waals surface area contributed by atoms with Crippen LogP contribution in [-0.2, 0) is 14.3 Å². The molecule has 1 unspecified atom stereocenters. The van der Waals surface area contributed by atoms with E-state index in [9.17, 15) is 14.4 Å². The van der Waals surface area contributed by atoms with Crippen LogP contribution in [0.2, 0.25) is 0 Å². The highest BCUT2D eigenvalue weighted by Gasteiger charge is 2.22. The second kappa shape index (κ2) is 7.72. The van der Waals surface area contributed by atoms with E-state index in [1.54, 1.807) is 20.8 Å². The molecule has 0 aliphatic heterocycles. The van der Waals surface area contributed by atoms with E-state index >= 15 is 0 Å². The molecule has 0 spiro atoms. The molecule has 0 saturated heterocycles. The molecule has 0 radical (unpaired) electrons. The highest BCUT2D eigenvalue weighted by Crippen LogP contribution is 2.06. The van der Waals surface area contributed by atoms with Crippen LogP contribution in [0, 0.1) is 5.92 Å². The largest absolute Gasteiger partial charge is 0.480 e. The average molecular weight is 288 g/mol. The smallest absolute Gasteiger partial charge is 0.408 e. The number of ether oxygens (including phenoxy) is 1. The van der Waals surface area contributed by atoms with Crippen LogP contribution in [0.3, 0.4) is 0 Å². The second-order valence-corrected chi connectivity index (χ2v) is 5.94. The van der Waals surface area contributed by atoms with Gasteiger partial charge < -0.3 is 20.5 Å². The first-order valence-electron chi connectivity index (χ1n) is 6.50. The summed E-state index contributed by atoms with van der Waals surface area (Å²) in [6, 6.07) is -0.956. The van der Waals surface area contributed by atoms with Crippen molar-refractivity contribution in [2.75, 3.05) is 6.54 Å². The molecular formula is C13H24N2O5. The number of nitrogens with one attached hydrogen (secondary N) is 2. The number of rotatable bonds is 6. The van der Waals surface area contributed by atoms with E-state index in [-0.39, 0.29) is 12.5 Å². The van der Waals surface area contributed by atoms with Crippen molar-refractivity contribution in [1.82, 2.24) is 10.6 Å². The summed E-state index contributed by atoms with van der Waals surface area (Å²) in [5, 5.41) is 13.6. The number of hydrogen-bond donors (Lipinski definition) is 3. The molecule has 7 heteroatoms. The van der Waals surface area contributed by atoms with E-state index in [0.29, 0.717) is 6.42 Å². The van der Waals surface area contributed by atoms with Gasteiger partial charge in [0.05, 0.1) is 0 Å². The molecule has 0 fully saturated rings. The molecule has 2 amide bonds. The van der Waals surface area contributed by atoms with E-state index in [0.717, 1.165) is 0 Å². The van der Waals surface area contributed by atoms with E-state index in [4.69, 9.17) is 9.84 Å². The van der Waals surface area contributed by atoms with Gasteiger partial charge >= 0.3 is 12.1 Å². The van der Waals surface area contributed by atoms with Gasteiger partial charge in [0.1, 0.15) is 18.2 Å². The Hall–Kier alpha value is -1.79. The zero-order valence-electron chi connectivity index (χ0n) is 12.6. The van der Waals surface area contributed by atoms with Crippen LogP contribution in [0.25, 0.3) is 0 Å². The lowest BCUT2D eigenvalue weighted by atomic mass is 10.0. The minimum absolute atomic E-state index is 0.134. The number of alkyl carbamates (subject to hydrolysis) is 1. The van der Waals surface area contributed by atoms with E-state index in [2.05, 4.69) is 10.6 Å². The predicted molar refractivity (Wildman–Crippen MR) is 73.3 cm³/mol. The monoisotopic (exact) mass is 288 g/mol. The second-order valence-electron chi connectivity index (χ2n) is 5.94. The Morgan fingerprint density at radius 2 is 1.75 bits per heavy atom. The lowest BCUT2D eigenvalue weighted by Crippen LogP contribution is -2.46. The maximum atomic E-state index is 11.6. The van der Waals surface area contributed by atoms with Crippen molar-refractivity contribution >= 4 is 18.0 Å². The Labute approximate surface area is 119 Å². The maximum Gasteiger partial charge on any atom is 0.408 e. The third-order valence-electron chi connectivity index (χ3n) is 2.13. The number of carbonyl (C=O) groups excluding carboxylic acids is 2. The molecule has 0 aliphatic rings. The molecule has 3 N–H and O–H groups in total. The van der Waals surface area contributed by atoms with Gasteiger partial charge in [0.2, 0.25) is 5.91 Å². The first-order chi connectivity index (χ1) is 9.01. The molecule has 7 nitrogen and oxygen atoms in total. The van der Waals surface area contributed by atoms with Crippen LogP contribution in [0.1, 0.15) is 41.0 Å². The molecule has 0 aromatic heterocycles. The molecule has 0 bridgehead atoms. The SMILES string of the molecule is CC(C)CC(NC(=O)CNC(=O)OC(C)(C)C)C(=O)O. The Morgan fingerprint density at radius 3 is 2.15 bits per heavy atom. The summed E-state index contributed by atoms with van der Waals surface area (Å²) in [6.45, 7) is 8.51. The first kappa shape index (κ1) is 18.2. The normalized spacial score (nSPS) is 12.7. The summed E-state index contributed by atoms with van der Waals surface area (Å²) >= 11 is 0. The fraction of sp³-hybridized carbons (Fsp3) is 0.769. The van der Waals surface area contributed by atoms with Crippen molar-refractivity contribution in [2.45, 2.75) is 52.7 Å². The van der Waals surface area contributed by atoms with Gasteiger partial charge in [-0.05, 0) is 33.1 Å². The lowest BCUT2D eigenvalue weighted by Gasteiger charge is -2.20. The summed E-state index contributed by atoms with van der Waals surface area (Å²) in [6.07, 6.45) is -0.392. The molecule has 116 valence electrons. The minimum Gasteiger partial charge on any atom is -0.480 e. The summed E-state index contributed by atoms with van der Waals surface area (Å²) in [5.74, 6) is -1.52. The Kier molecular flexibility index (Phi) is 7.02. The third-order valence-corrected chi connectivity index (χ3v) is 2.13. The first-order valence-corrected chi connectivity index (χ1v) is 6.50.